The Labute approximate surface area is 318 Å². The highest BCUT2D eigenvalue weighted by molar-refractivity contribution is 7.19. The topological polar surface area (TPSA) is 119 Å². The van der Waals surface area contributed by atoms with E-state index in [0.29, 0.717) is 22.5 Å². The lowest BCUT2D eigenvalue weighted by molar-refractivity contribution is -0.697. The zero-order valence-corrected chi connectivity index (χ0v) is 30.7. The van der Waals surface area contributed by atoms with Crippen LogP contribution < -0.4 is 4.57 Å². The van der Waals surface area contributed by atoms with E-state index in [1.54, 1.807) is 22.7 Å². The number of pyridine rings is 2. The molecule has 0 saturated carbocycles. The van der Waals surface area contributed by atoms with E-state index < -0.39 is 17.8 Å². The van der Waals surface area contributed by atoms with Gasteiger partial charge in [-0.2, -0.15) is 0 Å². The summed E-state index contributed by atoms with van der Waals surface area (Å²) in [4.78, 5) is 49.9. The number of hydrogen-bond donors (Lipinski definition) is 0. The number of aryl methyl sites for hydroxylation is 1. The monoisotopic (exact) mass is 752 g/mol. The average molecular weight is 753 g/mol. The first-order valence-corrected chi connectivity index (χ1v) is 19.3. The van der Waals surface area contributed by atoms with Crippen molar-refractivity contribution in [2.75, 3.05) is 0 Å². The van der Waals surface area contributed by atoms with Gasteiger partial charge < -0.3 is 4.84 Å². The van der Waals surface area contributed by atoms with E-state index in [4.69, 9.17) is 14.5 Å². The van der Waals surface area contributed by atoms with Crippen molar-refractivity contribution in [3.05, 3.63) is 121 Å². The molecule has 0 unspecified atom stereocenters. The Morgan fingerprint density at radius 2 is 1.33 bits per heavy atom. The third-order valence-electron chi connectivity index (χ3n) is 9.09. The third-order valence-corrected chi connectivity index (χ3v) is 11.4. The van der Waals surface area contributed by atoms with Crippen LogP contribution in [0.1, 0.15) is 49.8 Å². The summed E-state index contributed by atoms with van der Waals surface area (Å²) in [5.41, 5.74) is 6.92. The number of fused-ring (bicyclic) bond motifs is 1. The number of unbranched alkanes of at least 4 members (excludes halogenated alkanes) is 2. The molecule has 268 valence electrons. The molecule has 0 radical (unpaired) electrons. The maximum absolute atomic E-state index is 12.1. The van der Waals surface area contributed by atoms with Crippen LogP contribution in [0.5, 0.6) is 0 Å². The van der Waals surface area contributed by atoms with Crippen LogP contribution in [0.15, 0.2) is 114 Å². The van der Waals surface area contributed by atoms with Gasteiger partial charge >= 0.3 is 5.97 Å². The van der Waals surface area contributed by atoms with Gasteiger partial charge in [0.1, 0.15) is 17.8 Å². The molecule has 1 aliphatic heterocycles. The number of hydrogen-bond acceptors (Lipinski definition) is 10. The van der Waals surface area contributed by atoms with E-state index in [1.807, 2.05) is 54.9 Å². The molecule has 1 aliphatic rings. The number of carbonyl (C=O) groups is 3. The fourth-order valence-electron chi connectivity index (χ4n) is 6.30. The van der Waals surface area contributed by atoms with Gasteiger partial charge in [-0.25, -0.2) is 19.0 Å². The van der Waals surface area contributed by atoms with Crippen LogP contribution in [0, 0.1) is 0 Å². The lowest BCUT2D eigenvalue weighted by Gasteiger charge is -2.12. The summed E-state index contributed by atoms with van der Waals surface area (Å²) < 4.78 is 7.49. The minimum atomic E-state index is -0.561. The Bertz CT molecular complexity index is 2460. The summed E-state index contributed by atoms with van der Waals surface area (Å²) in [6.07, 6.45) is 10.7. The second-order valence-electron chi connectivity index (χ2n) is 12.8. The van der Waals surface area contributed by atoms with Crippen LogP contribution in [-0.4, -0.2) is 38.1 Å². The van der Waals surface area contributed by atoms with Gasteiger partial charge in [0, 0.05) is 58.0 Å². The molecule has 8 rings (SSSR count). The number of aromatic nitrogens is 4. The van der Waals surface area contributed by atoms with Gasteiger partial charge in [0.2, 0.25) is 0 Å². The van der Waals surface area contributed by atoms with Crippen molar-refractivity contribution in [1.82, 2.24) is 20.4 Å². The first kappa shape index (κ1) is 34.9. The molecule has 1 saturated heterocycles. The van der Waals surface area contributed by atoms with Crippen LogP contribution in [0.4, 0.5) is 0 Å². The quantitative estimate of drug-likeness (QED) is 0.0651. The highest BCUT2D eigenvalue weighted by Gasteiger charge is 2.32. The van der Waals surface area contributed by atoms with Crippen molar-refractivity contribution < 1.29 is 28.4 Å². The predicted molar refractivity (Wildman–Crippen MR) is 208 cm³/mol. The van der Waals surface area contributed by atoms with Gasteiger partial charge in [0.05, 0.1) is 10.6 Å². The Kier molecular flexibility index (Phi) is 10.3. The molecule has 10 nitrogen and oxygen atoms in total. The first-order valence-electron chi connectivity index (χ1n) is 17.7. The maximum atomic E-state index is 12.1. The van der Waals surface area contributed by atoms with Gasteiger partial charge in [0.15, 0.2) is 17.9 Å². The molecule has 0 N–H and O–H groups in total. The van der Waals surface area contributed by atoms with E-state index in [0.717, 1.165) is 72.5 Å². The molecule has 6 heterocycles. The molecular formula is C42H34N5O5S2+. The van der Waals surface area contributed by atoms with Gasteiger partial charge in [-0.15, -0.1) is 27.7 Å². The SMILES string of the molecule is O=C(CCCCC[n+]1ccc(/C=C/c2nc(-c3ccc(-c4ccccc4)s3)c3nonc3c2-c2ccc(-c3ccccc3)s2)cc1)ON1C(=O)CCC1=O. The lowest BCUT2D eigenvalue weighted by Crippen LogP contribution is -2.32. The van der Waals surface area contributed by atoms with E-state index in [2.05, 4.69) is 81.6 Å². The number of benzene rings is 2. The van der Waals surface area contributed by atoms with Gasteiger partial charge in [-0.3, -0.25) is 9.59 Å². The molecule has 5 aromatic heterocycles. The fourth-order valence-corrected chi connectivity index (χ4v) is 8.36. The zero-order chi connectivity index (χ0) is 36.9. The number of imide groups is 1. The van der Waals surface area contributed by atoms with Gasteiger partial charge in [0.25, 0.3) is 11.8 Å². The van der Waals surface area contributed by atoms with Crippen molar-refractivity contribution in [3.63, 3.8) is 0 Å². The number of nitrogens with zero attached hydrogens (tertiary/aromatic N) is 5. The van der Waals surface area contributed by atoms with Crippen molar-refractivity contribution in [2.45, 2.75) is 45.1 Å². The molecule has 12 heteroatoms. The number of carbonyl (C=O) groups excluding carboxylic acids is 3. The molecular weight excluding hydrogens is 719 g/mol. The van der Waals surface area contributed by atoms with Gasteiger partial charge in [-0.05, 0) is 70.2 Å². The summed E-state index contributed by atoms with van der Waals surface area (Å²) in [7, 11) is 0. The van der Waals surface area contributed by atoms with Crippen LogP contribution >= 0.6 is 22.7 Å². The third kappa shape index (κ3) is 7.66. The fraction of sp³-hybridized carbons (Fsp3) is 0.167. The molecule has 2 aromatic carbocycles. The Hall–Kier alpha value is -6.11. The summed E-state index contributed by atoms with van der Waals surface area (Å²) >= 11 is 3.34. The van der Waals surface area contributed by atoms with Crippen molar-refractivity contribution in [3.8, 4) is 41.9 Å². The summed E-state index contributed by atoms with van der Waals surface area (Å²) in [5, 5.41) is 9.38. The number of amides is 2. The number of hydroxylamine groups is 2. The van der Waals surface area contributed by atoms with Crippen LogP contribution in [-0.2, 0) is 25.8 Å². The summed E-state index contributed by atoms with van der Waals surface area (Å²) in [5.74, 6) is -1.49. The Morgan fingerprint density at radius 3 is 2.02 bits per heavy atom. The molecule has 1 fully saturated rings. The smallest absolute Gasteiger partial charge is 0.330 e. The number of rotatable bonds is 13. The van der Waals surface area contributed by atoms with E-state index in [1.165, 1.54) is 0 Å². The molecule has 2 amide bonds. The predicted octanol–water partition coefficient (Wildman–Crippen LogP) is 9.03. The van der Waals surface area contributed by atoms with Crippen LogP contribution in [0.25, 0.3) is 65.1 Å². The highest BCUT2D eigenvalue weighted by atomic mass is 32.1. The molecule has 0 bridgehead atoms. The minimum absolute atomic E-state index is 0.0873. The van der Waals surface area contributed by atoms with Crippen molar-refractivity contribution in [1.29, 1.82) is 0 Å². The second kappa shape index (κ2) is 15.9. The molecule has 0 spiro atoms. The molecule has 54 heavy (non-hydrogen) atoms. The average Bonchev–Trinajstić information content (AvgIpc) is 4.04. The van der Waals surface area contributed by atoms with Gasteiger partial charge in [-0.1, -0.05) is 66.7 Å². The van der Waals surface area contributed by atoms with Crippen molar-refractivity contribution in [2.24, 2.45) is 0 Å². The minimum Gasteiger partial charge on any atom is -0.330 e. The standard InChI is InChI=1S/C42H34N5O5S2/c48-36-21-22-37(49)47(36)51-38(50)14-8-3-9-25-46-26-23-28(24-27-46)15-16-31-39(34-19-17-32(53-34)29-10-4-1-5-11-29)41-42(45-52-44-41)40(43-31)35-20-18-33(54-35)30-12-6-2-7-13-30/h1-2,4-7,10-13,15-20,23-24,26-27H,3,8-9,14,21-22,25H2/q+1/b16-15+. The van der Waals surface area contributed by atoms with E-state index >= 15 is 0 Å². The Balaban J connectivity index is 1.01. The second-order valence-corrected chi connectivity index (χ2v) is 15.0. The first-order chi connectivity index (χ1) is 26.5. The molecule has 7 aromatic rings. The lowest BCUT2D eigenvalue weighted by atomic mass is 10.1. The molecule has 0 aliphatic carbocycles. The van der Waals surface area contributed by atoms with E-state index in [-0.39, 0.29) is 19.3 Å². The van der Waals surface area contributed by atoms with Crippen LogP contribution in [0.3, 0.4) is 0 Å². The summed E-state index contributed by atoms with van der Waals surface area (Å²) in [6.45, 7) is 0.779. The summed E-state index contributed by atoms with van der Waals surface area (Å²) in [6, 6.07) is 33.1. The van der Waals surface area contributed by atoms with Crippen LogP contribution in [0.2, 0.25) is 0 Å². The Morgan fingerprint density at radius 1 is 0.722 bits per heavy atom. The highest BCUT2D eigenvalue weighted by Crippen LogP contribution is 2.43. The van der Waals surface area contributed by atoms with Crippen molar-refractivity contribution >= 4 is 63.6 Å². The maximum Gasteiger partial charge on any atom is 0.333 e. The van der Waals surface area contributed by atoms with E-state index in [9.17, 15) is 14.4 Å². The number of thiophene rings is 2. The normalized spacial score (nSPS) is 13.1. The molecule has 0 atom stereocenters. The zero-order valence-electron chi connectivity index (χ0n) is 29.1. The largest absolute Gasteiger partial charge is 0.333 e.